The second kappa shape index (κ2) is 9.91. The third-order valence-electron chi connectivity index (χ3n) is 3.54. The molecule has 3 N–H and O–H groups in total. The first-order chi connectivity index (χ1) is 12.5. The van der Waals surface area contributed by atoms with Crippen molar-refractivity contribution in [3.63, 3.8) is 0 Å². The van der Waals surface area contributed by atoms with Crippen molar-refractivity contribution in [3.05, 3.63) is 63.2 Å². The monoisotopic (exact) mass is 465 g/mol. The van der Waals surface area contributed by atoms with Gasteiger partial charge in [-0.2, -0.15) is 0 Å². The highest BCUT2D eigenvalue weighted by Gasteiger charge is 2.10. The number of carbonyl (C=O) groups excluding carboxylic acids is 3. The number of halogens is 1. The smallest absolute Gasteiger partial charge is 0.256 e. The first kappa shape index (κ1) is 19.9. The minimum Gasteiger partial charge on any atom is -0.356 e. The highest BCUT2D eigenvalue weighted by Crippen LogP contribution is 2.15. The number of hydrogen-bond donors (Lipinski definition) is 3. The number of nitrogens with one attached hydrogen (secondary N) is 3. The van der Waals surface area contributed by atoms with Crippen molar-refractivity contribution >= 4 is 46.0 Å². The largest absolute Gasteiger partial charge is 0.356 e. The molecular weight excluding hydrogens is 445 g/mol. The molecule has 0 bridgehead atoms. The highest BCUT2D eigenvalue weighted by molar-refractivity contribution is 14.1. The molecule has 6 nitrogen and oxygen atoms in total. The number of anilines is 1. The normalized spacial score (nSPS) is 10.1. The molecule has 0 radical (unpaired) electrons. The Balaban J connectivity index is 1.85. The molecule has 0 atom stereocenters. The van der Waals surface area contributed by atoms with Gasteiger partial charge in [-0.25, -0.2) is 0 Å². The van der Waals surface area contributed by atoms with Crippen LogP contribution in [0.3, 0.4) is 0 Å². The van der Waals surface area contributed by atoms with Crippen LogP contribution >= 0.6 is 22.6 Å². The lowest BCUT2D eigenvalue weighted by atomic mass is 10.1. The van der Waals surface area contributed by atoms with Crippen molar-refractivity contribution in [2.75, 3.05) is 18.4 Å². The van der Waals surface area contributed by atoms with E-state index < -0.39 is 0 Å². The maximum absolute atomic E-state index is 12.3. The molecule has 0 spiro atoms. The second-order valence-electron chi connectivity index (χ2n) is 5.60. The Morgan fingerprint density at radius 1 is 0.885 bits per heavy atom. The second-order valence-corrected chi connectivity index (χ2v) is 6.77. The van der Waals surface area contributed by atoms with Gasteiger partial charge in [-0.05, 0) is 65.4 Å². The van der Waals surface area contributed by atoms with Gasteiger partial charge in [0.05, 0.1) is 5.56 Å². The van der Waals surface area contributed by atoms with Crippen molar-refractivity contribution in [3.8, 4) is 0 Å². The van der Waals surface area contributed by atoms with Gasteiger partial charge in [-0.3, -0.25) is 14.4 Å². The van der Waals surface area contributed by atoms with Gasteiger partial charge in [-0.1, -0.05) is 12.1 Å². The fraction of sp³-hybridized carbons (Fsp3) is 0.211. The zero-order chi connectivity index (χ0) is 18.9. The first-order valence-electron chi connectivity index (χ1n) is 8.16. The molecule has 2 rings (SSSR count). The van der Waals surface area contributed by atoms with Crippen LogP contribution in [-0.4, -0.2) is 30.8 Å². The van der Waals surface area contributed by atoms with Crippen molar-refractivity contribution in [2.24, 2.45) is 0 Å². The minimum atomic E-state index is -0.191. The highest BCUT2D eigenvalue weighted by atomic mass is 127. The van der Waals surface area contributed by atoms with Gasteiger partial charge >= 0.3 is 0 Å². The predicted octanol–water partition coefficient (Wildman–Crippen LogP) is 2.80. The molecule has 0 saturated carbocycles. The standard InChI is InChI=1S/C19H20IN3O3/c1-13(24)21-11-4-12-22-18(25)14-7-9-15(10-8-14)23-19(26)16-5-2-3-6-17(16)20/h2-3,5-10H,4,11-12H2,1H3,(H,21,24)(H,22,25)(H,23,26). The number of benzene rings is 2. The quantitative estimate of drug-likeness (QED) is 0.434. The number of carbonyl (C=O) groups is 3. The summed E-state index contributed by atoms with van der Waals surface area (Å²) in [6, 6.07) is 14.0. The fourth-order valence-corrected chi connectivity index (χ4v) is 2.84. The first-order valence-corrected chi connectivity index (χ1v) is 9.24. The van der Waals surface area contributed by atoms with E-state index in [1.165, 1.54) is 6.92 Å². The maximum atomic E-state index is 12.3. The molecule has 2 aromatic rings. The third-order valence-corrected chi connectivity index (χ3v) is 4.48. The van der Waals surface area contributed by atoms with Gasteiger partial charge in [-0.15, -0.1) is 0 Å². The molecule has 3 amide bonds. The Hall–Kier alpha value is -2.42. The van der Waals surface area contributed by atoms with Crippen LogP contribution in [0, 0.1) is 3.57 Å². The average molecular weight is 465 g/mol. The summed E-state index contributed by atoms with van der Waals surface area (Å²) in [5.74, 6) is -0.465. The Labute approximate surface area is 165 Å². The van der Waals surface area contributed by atoms with Crippen LogP contribution < -0.4 is 16.0 Å². The average Bonchev–Trinajstić information content (AvgIpc) is 2.62. The van der Waals surface area contributed by atoms with E-state index in [1.807, 2.05) is 18.2 Å². The maximum Gasteiger partial charge on any atom is 0.256 e. The molecule has 0 aliphatic rings. The zero-order valence-corrected chi connectivity index (χ0v) is 16.5. The van der Waals surface area contributed by atoms with Gasteiger partial charge in [0.2, 0.25) is 5.91 Å². The number of rotatable bonds is 7. The van der Waals surface area contributed by atoms with Crippen LogP contribution in [0.2, 0.25) is 0 Å². The topological polar surface area (TPSA) is 87.3 Å². The molecule has 7 heteroatoms. The van der Waals surface area contributed by atoms with Gasteiger partial charge in [0, 0.05) is 34.8 Å². The molecule has 2 aromatic carbocycles. The molecule has 0 aliphatic carbocycles. The Morgan fingerprint density at radius 2 is 1.54 bits per heavy atom. The number of amides is 3. The van der Waals surface area contributed by atoms with E-state index in [9.17, 15) is 14.4 Å². The van der Waals surface area contributed by atoms with Gasteiger partial charge < -0.3 is 16.0 Å². The summed E-state index contributed by atoms with van der Waals surface area (Å²) in [5.41, 5.74) is 1.74. The predicted molar refractivity (Wildman–Crippen MR) is 109 cm³/mol. The molecule has 0 aromatic heterocycles. The summed E-state index contributed by atoms with van der Waals surface area (Å²) in [4.78, 5) is 35.1. The Bertz CT molecular complexity index is 791. The van der Waals surface area contributed by atoms with E-state index in [0.717, 1.165) is 3.57 Å². The summed E-state index contributed by atoms with van der Waals surface area (Å²) in [6.45, 7) is 2.46. The zero-order valence-electron chi connectivity index (χ0n) is 14.3. The molecule has 0 heterocycles. The van der Waals surface area contributed by atoms with Crippen LogP contribution in [0.4, 0.5) is 5.69 Å². The minimum absolute atomic E-state index is 0.0841. The summed E-state index contributed by atoms with van der Waals surface area (Å²) < 4.78 is 0.873. The molecule has 26 heavy (non-hydrogen) atoms. The van der Waals surface area contributed by atoms with Gasteiger partial charge in [0.1, 0.15) is 0 Å². The van der Waals surface area contributed by atoms with E-state index in [-0.39, 0.29) is 17.7 Å². The van der Waals surface area contributed by atoms with Crippen molar-refractivity contribution in [2.45, 2.75) is 13.3 Å². The molecule has 0 saturated heterocycles. The van der Waals surface area contributed by atoms with Crippen molar-refractivity contribution in [1.29, 1.82) is 0 Å². The lowest BCUT2D eigenvalue weighted by molar-refractivity contribution is -0.118. The fourth-order valence-electron chi connectivity index (χ4n) is 2.21. The van der Waals surface area contributed by atoms with E-state index in [4.69, 9.17) is 0 Å². The van der Waals surface area contributed by atoms with E-state index in [2.05, 4.69) is 38.5 Å². The molecule has 0 fully saturated rings. The van der Waals surface area contributed by atoms with E-state index >= 15 is 0 Å². The molecule has 0 aliphatic heterocycles. The van der Waals surface area contributed by atoms with Crippen LogP contribution in [0.1, 0.15) is 34.1 Å². The number of hydrogen-bond acceptors (Lipinski definition) is 3. The molecule has 136 valence electrons. The van der Waals surface area contributed by atoms with Gasteiger partial charge in [0.15, 0.2) is 0 Å². The lowest BCUT2D eigenvalue weighted by Crippen LogP contribution is -2.28. The van der Waals surface area contributed by atoms with Crippen LogP contribution in [-0.2, 0) is 4.79 Å². The Kier molecular flexibility index (Phi) is 7.58. The van der Waals surface area contributed by atoms with Gasteiger partial charge in [0.25, 0.3) is 11.8 Å². The van der Waals surface area contributed by atoms with E-state index in [0.29, 0.717) is 36.3 Å². The SMILES string of the molecule is CC(=O)NCCCNC(=O)c1ccc(NC(=O)c2ccccc2I)cc1. The van der Waals surface area contributed by atoms with Crippen molar-refractivity contribution in [1.82, 2.24) is 10.6 Å². The lowest BCUT2D eigenvalue weighted by Gasteiger charge is -2.09. The van der Waals surface area contributed by atoms with Crippen molar-refractivity contribution < 1.29 is 14.4 Å². The Morgan fingerprint density at radius 3 is 2.19 bits per heavy atom. The van der Waals surface area contributed by atoms with Crippen LogP contribution in [0.25, 0.3) is 0 Å². The summed E-state index contributed by atoms with van der Waals surface area (Å²) >= 11 is 2.12. The third kappa shape index (κ3) is 6.14. The summed E-state index contributed by atoms with van der Waals surface area (Å²) in [7, 11) is 0. The summed E-state index contributed by atoms with van der Waals surface area (Å²) in [5, 5.41) is 8.28. The molecule has 0 unspecified atom stereocenters. The van der Waals surface area contributed by atoms with E-state index in [1.54, 1.807) is 30.3 Å². The van der Waals surface area contributed by atoms with Crippen LogP contribution in [0.5, 0.6) is 0 Å². The summed E-state index contributed by atoms with van der Waals surface area (Å²) in [6.07, 6.45) is 0.662. The molecular formula is C19H20IN3O3. The van der Waals surface area contributed by atoms with Crippen LogP contribution in [0.15, 0.2) is 48.5 Å².